The maximum atomic E-state index is 12.8. The maximum absolute atomic E-state index is 12.8. The quantitative estimate of drug-likeness (QED) is 0.629. The Morgan fingerprint density at radius 1 is 1.15 bits per heavy atom. The summed E-state index contributed by atoms with van der Waals surface area (Å²) in [7, 11) is 0. The number of hydrogen-bond donors (Lipinski definition) is 2. The van der Waals surface area contributed by atoms with Gasteiger partial charge in [-0.05, 0) is 50.3 Å². The molecule has 1 rings (SSSR count). The second-order valence-corrected chi connectivity index (χ2v) is 7.69. The zero-order valence-corrected chi connectivity index (χ0v) is 18.2. The minimum atomic E-state index is -0.457. The number of hydrogen-bond acceptors (Lipinski definition) is 3. The molecule has 154 valence electrons. The molecule has 1 aromatic carbocycles. The van der Waals surface area contributed by atoms with E-state index in [-0.39, 0.29) is 24.2 Å². The van der Waals surface area contributed by atoms with Crippen molar-refractivity contribution in [2.75, 3.05) is 19.6 Å². The molecule has 2 amide bonds. The summed E-state index contributed by atoms with van der Waals surface area (Å²) < 4.78 is 0. The predicted octanol–water partition coefficient (Wildman–Crippen LogP) is 3.86. The van der Waals surface area contributed by atoms with Crippen LogP contribution < -0.4 is 11.1 Å². The van der Waals surface area contributed by atoms with E-state index in [4.69, 9.17) is 5.73 Å². The minimum Gasteiger partial charge on any atom is -0.346 e. The van der Waals surface area contributed by atoms with Crippen molar-refractivity contribution in [3.8, 4) is 0 Å². The van der Waals surface area contributed by atoms with Gasteiger partial charge >= 0.3 is 0 Å². The van der Waals surface area contributed by atoms with Crippen molar-refractivity contribution >= 4 is 24.2 Å². The van der Waals surface area contributed by atoms with E-state index in [0.717, 1.165) is 32.4 Å². The first kappa shape index (κ1) is 25.4. The number of benzene rings is 1. The molecule has 0 aliphatic rings. The summed E-state index contributed by atoms with van der Waals surface area (Å²) in [6.07, 6.45) is 2.63. The van der Waals surface area contributed by atoms with Gasteiger partial charge in [0.1, 0.15) is 0 Å². The summed E-state index contributed by atoms with van der Waals surface area (Å²) in [6, 6.07) is 6.96. The van der Waals surface area contributed by atoms with E-state index >= 15 is 0 Å². The Kier molecular flexibility index (Phi) is 11.3. The molecule has 1 unspecified atom stereocenters. The third-order valence-electron chi connectivity index (χ3n) is 4.37. The van der Waals surface area contributed by atoms with Crippen LogP contribution >= 0.6 is 12.4 Å². The molecule has 0 spiro atoms. The number of carbonyl (C=O) groups excluding carboxylic acids is 2. The van der Waals surface area contributed by atoms with Crippen LogP contribution in [-0.2, 0) is 0 Å². The lowest BCUT2D eigenvalue weighted by atomic mass is 9.90. The van der Waals surface area contributed by atoms with Crippen LogP contribution in [-0.4, -0.2) is 41.9 Å². The van der Waals surface area contributed by atoms with Crippen LogP contribution in [0.4, 0.5) is 0 Å². The van der Waals surface area contributed by atoms with E-state index < -0.39 is 5.54 Å². The number of nitrogens with zero attached hydrogens (tertiary/aromatic N) is 1. The maximum Gasteiger partial charge on any atom is 0.253 e. The summed E-state index contributed by atoms with van der Waals surface area (Å²) in [5, 5.41) is 3.05. The van der Waals surface area contributed by atoms with Gasteiger partial charge in [-0.3, -0.25) is 9.59 Å². The molecule has 0 aromatic heterocycles. The molecule has 27 heavy (non-hydrogen) atoms. The van der Waals surface area contributed by atoms with Crippen molar-refractivity contribution in [2.45, 2.75) is 59.4 Å². The molecular weight excluding hydrogens is 362 g/mol. The van der Waals surface area contributed by atoms with Gasteiger partial charge in [-0.15, -0.1) is 12.4 Å². The molecule has 0 aliphatic heterocycles. The standard InChI is InChI=1S/C21H35N3O2.ClH/c1-6-11-24(12-7-2)20(26)18-10-8-9-17(13-18)19(25)23-21(5,15-22)14-16(3)4;/h8-10,13,16H,6-7,11-12,14-15,22H2,1-5H3,(H,23,25);1H. The number of nitrogens with two attached hydrogens (primary N) is 1. The lowest BCUT2D eigenvalue weighted by molar-refractivity contribution is 0.0755. The Morgan fingerprint density at radius 3 is 2.19 bits per heavy atom. The molecule has 0 bridgehead atoms. The van der Waals surface area contributed by atoms with Crippen LogP contribution in [0.5, 0.6) is 0 Å². The highest BCUT2D eigenvalue weighted by molar-refractivity contribution is 5.99. The lowest BCUT2D eigenvalue weighted by Crippen LogP contribution is -2.52. The van der Waals surface area contributed by atoms with Crippen LogP contribution in [0.15, 0.2) is 24.3 Å². The summed E-state index contributed by atoms with van der Waals surface area (Å²) in [5.74, 6) is 0.214. The summed E-state index contributed by atoms with van der Waals surface area (Å²) in [4.78, 5) is 27.3. The fourth-order valence-electron chi connectivity index (χ4n) is 3.26. The first-order chi connectivity index (χ1) is 12.3. The van der Waals surface area contributed by atoms with Gasteiger partial charge in [-0.2, -0.15) is 0 Å². The van der Waals surface area contributed by atoms with Gasteiger partial charge < -0.3 is 16.0 Å². The van der Waals surface area contributed by atoms with E-state index in [9.17, 15) is 9.59 Å². The second-order valence-electron chi connectivity index (χ2n) is 7.69. The number of rotatable bonds is 10. The molecule has 0 radical (unpaired) electrons. The molecule has 1 aromatic rings. The Labute approximate surface area is 170 Å². The van der Waals surface area contributed by atoms with Crippen LogP contribution in [0.3, 0.4) is 0 Å². The van der Waals surface area contributed by atoms with Crippen molar-refractivity contribution in [3.05, 3.63) is 35.4 Å². The Balaban J connectivity index is 0.00000676. The highest BCUT2D eigenvalue weighted by atomic mass is 35.5. The highest BCUT2D eigenvalue weighted by Gasteiger charge is 2.26. The second kappa shape index (κ2) is 12.0. The number of halogens is 1. The molecular formula is C21H36ClN3O2. The summed E-state index contributed by atoms with van der Waals surface area (Å²) >= 11 is 0. The van der Waals surface area contributed by atoms with Gasteiger partial charge in [-0.1, -0.05) is 33.8 Å². The van der Waals surface area contributed by atoms with Gasteiger partial charge in [0.25, 0.3) is 11.8 Å². The molecule has 0 fully saturated rings. The first-order valence-corrected chi connectivity index (χ1v) is 9.68. The topological polar surface area (TPSA) is 75.4 Å². The third-order valence-corrected chi connectivity index (χ3v) is 4.37. The van der Waals surface area contributed by atoms with Gasteiger partial charge in [0.2, 0.25) is 0 Å². The molecule has 0 saturated carbocycles. The monoisotopic (exact) mass is 397 g/mol. The number of amides is 2. The smallest absolute Gasteiger partial charge is 0.253 e. The first-order valence-electron chi connectivity index (χ1n) is 9.68. The molecule has 6 heteroatoms. The zero-order valence-electron chi connectivity index (χ0n) is 17.4. The third kappa shape index (κ3) is 7.89. The molecule has 0 aliphatic carbocycles. The fraction of sp³-hybridized carbons (Fsp3) is 0.619. The Hall–Kier alpha value is -1.59. The zero-order chi connectivity index (χ0) is 19.7. The van der Waals surface area contributed by atoms with E-state index in [1.165, 1.54) is 0 Å². The van der Waals surface area contributed by atoms with Gasteiger partial charge in [0.15, 0.2) is 0 Å². The number of nitrogens with one attached hydrogen (secondary N) is 1. The van der Waals surface area contributed by atoms with Crippen molar-refractivity contribution in [1.29, 1.82) is 0 Å². The normalized spacial score (nSPS) is 12.9. The van der Waals surface area contributed by atoms with Crippen LogP contribution in [0.25, 0.3) is 0 Å². The summed E-state index contributed by atoms with van der Waals surface area (Å²) in [5.41, 5.74) is 6.48. The SMILES string of the molecule is CCCN(CCC)C(=O)c1cccc(C(=O)NC(C)(CN)CC(C)C)c1.Cl. The average Bonchev–Trinajstić information content (AvgIpc) is 2.60. The van der Waals surface area contributed by atoms with E-state index in [1.807, 2.05) is 11.8 Å². The van der Waals surface area contributed by atoms with Gasteiger partial charge in [0, 0.05) is 36.3 Å². The van der Waals surface area contributed by atoms with Gasteiger partial charge in [-0.25, -0.2) is 0 Å². The summed E-state index contributed by atoms with van der Waals surface area (Å²) in [6.45, 7) is 12.1. The molecule has 0 saturated heterocycles. The van der Waals surface area contributed by atoms with E-state index in [0.29, 0.717) is 23.6 Å². The lowest BCUT2D eigenvalue weighted by Gasteiger charge is -2.31. The number of carbonyl (C=O) groups is 2. The van der Waals surface area contributed by atoms with Crippen molar-refractivity contribution in [2.24, 2.45) is 11.7 Å². The molecule has 0 heterocycles. The largest absolute Gasteiger partial charge is 0.346 e. The van der Waals surface area contributed by atoms with Gasteiger partial charge in [0.05, 0.1) is 0 Å². The predicted molar refractivity (Wildman–Crippen MR) is 115 cm³/mol. The molecule has 5 nitrogen and oxygen atoms in total. The van der Waals surface area contributed by atoms with E-state index in [2.05, 4.69) is 33.0 Å². The van der Waals surface area contributed by atoms with Crippen molar-refractivity contribution in [1.82, 2.24) is 10.2 Å². The van der Waals surface area contributed by atoms with E-state index in [1.54, 1.807) is 24.3 Å². The molecule has 3 N–H and O–H groups in total. The highest BCUT2D eigenvalue weighted by Crippen LogP contribution is 2.17. The van der Waals surface area contributed by atoms with Crippen LogP contribution in [0.1, 0.15) is 74.6 Å². The van der Waals surface area contributed by atoms with Crippen LogP contribution in [0.2, 0.25) is 0 Å². The van der Waals surface area contributed by atoms with Crippen molar-refractivity contribution < 1.29 is 9.59 Å². The average molecular weight is 398 g/mol. The Morgan fingerprint density at radius 2 is 1.70 bits per heavy atom. The molecule has 1 atom stereocenters. The Bertz CT molecular complexity index is 601. The minimum absolute atomic E-state index is 0. The fourth-order valence-corrected chi connectivity index (χ4v) is 3.26. The van der Waals surface area contributed by atoms with Crippen molar-refractivity contribution in [3.63, 3.8) is 0 Å². The van der Waals surface area contributed by atoms with Crippen LogP contribution in [0, 0.1) is 5.92 Å².